The van der Waals surface area contributed by atoms with Crippen LogP contribution in [0.25, 0.3) is 22.9 Å². The molecule has 9 heteroatoms. The van der Waals surface area contributed by atoms with Crippen molar-refractivity contribution >= 4 is 5.91 Å². The fourth-order valence-corrected chi connectivity index (χ4v) is 3.43. The molecule has 1 aliphatic rings. The minimum atomic E-state index is -0.319. The number of nitrogens with one attached hydrogen (secondary N) is 1. The van der Waals surface area contributed by atoms with Crippen molar-refractivity contribution in [2.45, 2.75) is 12.3 Å². The summed E-state index contributed by atoms with van der Waals surface area (Å²) in [4.78, 5) is 19.0. The molecular formula is C20H16FN5O3. The van der Waals surface area contributed by atoms with Gasteiger partial charge in [0.15, 0.2) is 11.6 Å². The van der Waals surface area contributed by atoms with Gasteiger partial charge in [0.2, 0.25) is 0 Å². The van der Waals surface area contributed by atoms with E-state index in [1.54, 1.807) is 41.5 Å². The molecule has 0 bridgehead atoms. The third kappa shape index (κ3) is 3.31. The minimum absolute atomic E-state index is 0.00842. The molecule has 0 saturated carbocycles. The molecule has 4 heterocycles. The lowest BCUT2D eigenvalue weighted by Gasteiger charge is -2.14. The van der Waals surface area contributed by atoms with E-state index in [1.807, 2.05) is 0 Å². The van der Waals surface area contributed by atoms with Crippen LogP contribution in [0.15, 0.2) is 57.7 Å². The van der Waals surface area contributed by atoms with Crippen molar-refractivity contribution in [3.8, 4) is 22.9 Å². The number of furan rings is 1. The number of halogens is 1. The van der Waals surface area contributed by atoms with Gasteiger partial charge in [-0.25, -0.2) is 4.39 Å². The average Bonchev–Trinajstić information content (AvgIpc) is 3.54. The largest absolute Gasteiger partial charge is 0.459 e. The Balaban J connectivity index is 1.28. The van der Waals surface area contributed by atoms with E-state index in [1.165, 1.54) is 12.1 Å². The van der Waals surface area contributed by atoms with E-state index in [4.69, 9.17) is 8.94 Å². The van der Waals surface area contributed by atoms with Crippen LogP contribution in [0, 0.1) is 5.82 Å². The number of hydrogen-bond donors (Lipinski definition) is 1. The van der Waals surface area contributed by atoms with Crippen LogP contribution in [0.5, 0.6) is 0 Å². The Bertz CT molecular complexity index is 1130. The Morgan fingerprint density at radius 2 is 2.10 bits per heavy atom. The van der Waals surface area contributed by atoms with Gasteiger partial charge in [-0.1, -0.05) is 5.16 Å². The van der Waals surface area contributed by atoms with Gasteiger partial charge in [-0.2, -0.15) is 10.1 Å². The Hall–Kier alpha value is -3.75. The zero-order valence-corrected chi connectivity index (χ0v) is 15.2. The predicted molar refractivity (Wildman–Crippen MR) is 99.2 cm³/mol. The van der Waals surface area contributed by atoms with Crippen LogP contribution in [-0.4, -0.2) is 44.2 Å². The van der Waals surface area contributed by atoms with E-state index in [2.05, 4.69) is 20.3 Å². The molecule has 0 spiro atoms. The molecule has 1 saturated heterocycles. The summed E-state index contributed by atoms with van der Waals surface area (Å²) in [5, 5.41) is 11.0. The first-order valence-corrected chi connectivity index (χ1v) is 9.15. The molecule has 0 unspecified atom stereocenters. The number of nitrogens with zero attached hydrogens (tertiary/aromatic N) is 4. The van der Waals surface area contributed by atoms with Crippen LogP contribution in [0.3, 0.4) is 0 Å². The summed E-state index contributed by atoms with van der Waals surface area (Å²) in [5.74, 6) is 0.922. The van der Waals surface area contributed by atoms with Crippen molar-refractivity contribution in [2.24, 2.45) is 0 Å². The molecule has 1 aliphatic heterocycles. The van der Waals surface area contributed by atoms with Gasteiger partial charge in [0.25, 0.3) is 11.8 Å². The zero-order valence-electron chi connectivity index (χ0n) is 15.2. The number of aromatic nitrogens is 4. The molecule has 0 radical (unpaired) electrons. The second-order valence-electron chi connectivity index (χ2n) is 6.85. The highest BCUT2D eigenvalue weighted by molar-refractivity contribution is 5.93. The molecule has 4 aromatic rings. The number of benzene rings is 1. The van der Waals surface area contributed by atoms with Crippen molar-refractivity contribution in [2.75, 3.05) is 13.1 Å². The summed E-state index contributed by atoms with van der Waals surface area (Å²) in [6, 6.07) is 11.1. The Morgan fingerprint density at radius 3 is 2.90 bits per heavy atom. The highest BCUT2D eigenvalue weighted by Gasteiger charge is 2.32. The summed E-state index contributed by atoms with van der Waals surface area (Å²) in [5.41, 5.74) is 1.71. The highest BCUT2D eigenvalue weighted by Crippen LogP contribution is 2.28. The predicted octanol–water partition coefficient (Wildman–Crippen LogP) is 3.49. The Labute approximate surface area is 164 Å². The number of aromatic amines is 1. The number of likely N-dealkylation sites (tertiary alicyclic amines) is 1. The lowest BCUT2D eigenvalue weighted by Crippen LogP contribution is -2.28. The monoisotopic (exact) mass is 393 g/mol. The molecular weight excluding hydrogens is 377 g/mol. The maximum absolute atomic E-state index is 13.1. The molecule has 146 valence electrons. The van der Waals surface area contributed by atoms with Crippen molar-refractivity contribution in [3.05, 3.63) is 66.1 Å². The summed E-state index contributed by atoms with van der Waals surface area (Å²) in [6.07, 6.45) is 2.28. The molecule has 0 aliphatic carbocycles. The molecule has 8 nitrogen and oxygen atoms in total. The molecule has 1 amide bonds. The van der Waals surface area contributed by atoms with Crippen molar-refractivity contribution in [1.29, 1.82) is 0 Å². The molecule has 3 aromatic heterocycles. The van der Waals surface area contributed by atoms with E-state index in [-0.39, 0.29) is 17.6 Å². The lowest BCUT2D eigenvalue weighted by atomic mass is 10.1. The summed E-state index contributed by atoms with van der Waals surface area (Å²) < 4.78 is 23.6. The zero-order chi connectivity index (χ0) is 19.8. The van der Waals surface area contributed by atoms with Gasteiger partial charge in [0.05, 0.1) is 12.0 Å². The van der Waals surface area contributed by atoms with Gasteiger partial charge in [0, 0.05) is 24.6 Å². The maximum atomic E-state index is 13.1. The first-order valence-electron chi connectivity index (χ1n) is 9.15. The van der Waals surface area contributed by atoms with E-state index in [0.29, 0.717) is 42.0 Å². The number of H-pyrrole nitrogens is 1. The molecule has 1 N–H and O–H groups in total. The van der Waals surface area contributed by atoms with E-state index in [0.717, 1.165) is 12.0 Å². The van der Waals surface area contributed by atoms with Crippen LogP contribution in [0.2, 0.25) is 0 Å². The van der Waals surface area contributed by atoms with Crippen molar-refractivity contribution in [3.63, 3.8) is 0 Å². The SMILES string of the molecule is O=C(c1cc(-c2ccc(F)cc2)n[nH]1)N1CC[C@H](c2noc(-c3ccco3)n2)C1. The normalized spacial score (nSPS) is 16.4. The third-order valence-corrected chi connectivity index (χ3v) is 4.96. The number of amides is 1. The summed E-state index contributed by atoms with van der Waals surface area (Å²) in [6.45, 7) is 1.07. The third-order valence-electron chi connectivity index (χ3n) is 4.96. The molecule has 1 atom stereocenters. The summed E-state index contributed by atoms with van der Waals surface area (Å²) in [7, 11) is 0. The smallest absolute Gasteiger partial charge is 0.293 e. The number of carbonyl (C=O) groups excluding carboxylic acids is 1. The number of hydrogen-bond acceptors (Lipinski definition) is 6. The Morgan fingerprint density at radius 1 is 1.24 bits per heavy atom. The molecule has 5 rings (SSSR count). The topological polar surface area (TPSA) is 101 Å². The van der Waals surface area contributed by atoms with Crippen molar-refractivity contribution < 1.29 is 18.1 Å². The standard InChI is InChI=1S/C20H16FN5O3/c21-14-5-3-12(4-6-14)15-10-16(24-23-15)20(27)26-8-7-13(11-26)18-22-19(29-25-18)17-2-1-9-28-17/h1-6,9-10,13H,7-8,11H2,(H,23,24)/t13-/m0/s1. The van der Waals surface area contributed by atoms with Gasteiger partial charge < -0.3 is 13.8 Å². The van der Waals surface area contributed by atoms with Gasteiger partial charge in [-0.15, -0.1) is 0 Å². The first kappa shape index (κ1) is 17.4. The maximum Gasteiger partial charge on any atom is 0.293 e. The van der Waals surface area contributed by atoms with Crippen LogP contribution in [-0.2, 0) is 0 Å². The van der Waals surface area contributed by atoms with Crippen LogP contribution in [0.1, 0.15) is 28.7 Å². The van der Waals surface area contributed by atoms with Crippen LogP contribution >= 0.6 is 0 Å². The molecule has 1 fully saturated rings. The second-order valence-corrected chi connectivity index (χ2v) is 6.85. The van der Waals surface area contributed by atoms with Gasteiger partial charge in [0.1, 0.15) is 11.5 Å². The Kier molecular flexibility index (Phi) is 4.19. The molecule has 1 aromatic carbocycles. The first-order chi connectivity index (χ1) is 14.2. The molecule has 29 heavy (non-hydrogen) atoms. The van der Waals surface area contributed by atoms with E-state index in [9.17, 15) is 9.18 Å². The van der Waals surface area contributed by atoms with Crippen LogP contribution in [0.4, 0.5) is 4.39 Å². The minimum Gasteiger partial charge on any atom is -0.459 e. The summed E-state index contributed by atoms with van der Waals surface area (Å²) >= 11 is 0. The van der Waals surface area contributed by atoms with E-state index < -0.39 is 0 Å². The van der Waals surface area contributed by atoms with E-state index >= 15 is 0 Å². The second kappa shape index (κ2) is 7.01. The van der Waals surface area contributed by atoms with Crippen molar-refractivity contribution in [1.82, 2.24) is 25.2 Å². The lowest BCUT2D eigenvalue weighted by molar-refractivity contribution is 0.0784. The number of carbonyl (C=O) groups is 1. The van der Waals surface area contributed by atoms with Gasteiger partial charge in [-0.05, 0) is 48.9 Å². The van der Waals surface area contributed by atoms with Gasteiger partial charge in [-0.3, -0.25) is 9.89 Å². The highest BCUT2D eigenvalue weighted by atomic mass is 19.1. The number of rotatable bonds is 4. The average molecular weight is 393 g/mol. The fraction of sp³-hybridized carbons (Fsp3) is 0.200. The van der Waals surface area contributed by atoms with Gasteiger partial charge >= 0.3 is 0 Å². The van der Waals surface area contributed by atoms with Crippen LogP contribution < -0.4 is 0 Å². The fourth-order valence-electron chi connectivity index (χ4n) is 3.43. The quantitative estimate of drug-likeness (QED) is 0.570.